The first-order valence-electron chi connectivity index (χ1n) is 6.21. The number of hydrogen-bond acceptors (Lipinski definition) is 2. The molecule has 2 heteroatoms. The van der Waals surface area contributed by atoms with Gasteiger partial charge in [0.15, 0.2) is 0 Å². The fraction of sp³-hybridized carbons (Fsp3) is 0.250. The zero-order chi connectivity index (χ0) is 12.8. The molecule has 1 atom stereocenters. The number of benzene rings is 2. The van der Waals surface area contributed by atoms with Crippen molar-refractivity contribution in [1.29, 1.82) is 0 Å². The van der Waals surface area contributed by atoms with Crippen LogP contribution in [0.5, 0.6) is 0 Å². The molecule has 2 aromatic rings. The van der Waals surface area contributed by atoms with Gasteiger partial charge in [-0.3, -0.25) is 0 Å². The smallest absolute Gasteiger partial charge is 0.104 e. The fourth-order valence-electron chi connectivity index (χ4n) is 1.96. The summed E-state index contributed by atoms with van der Waals surface area (Å²) in [6, 6.07) is 18.0. The molecular formula is C16H18OS. The van der Waals surface area contributed by atoms with Crippen LogP contribution in [0.3, 0.4) is 0 Å². The molecule has 0 saturated carbocycles. The van der Waals surface area contributed by atoms with E-state index < -0.39 is 6.10 Å². The van der Waals surface area contributed by atoms with Crippen LogP contribution in [0, 0.1) is 0 Å². The Morgan fingerprint density at radius 2 is 1.67 bits per heavy atom. The van der Waals surface area contributed by atoms with Crippen molar-refractivity contribution in [2.75, 3.05) is 5.75 Å². The second-order valence-electron chi connectivity index (χ2n) is 4.15. The van der Waals surface area contributed by atoms with Crippen molar-refractivity contribution in [1.82, 2.24) is 0 Å². The fourth-order valence-corrected chi connectivity index (χ4v) is 2.65. The topological polar surface area (TPSA) is 20.2 Å². The van der Waals surface area contributed by atoms with E-state index in [1.807, 2.05) is 60.3 Å². The number of aliphatic hydroxyl groups is 1. The molecule has 2 rings (SSSR count). The zero-order valence-electron chi connectivity index (χ0n) is 10.5. The summed E-state index contributed by atoms with van der Waals surface area (Å²) < 4.78 is 0. The molecule has 0 spiro atoms. The van der Waals surface area contributed by atoms with Crippen LogP contribution in [0.4, 0.5) is 0 Å². The van der Waals surface area contributed by atoms with Gasteiger partial charge in [-0.1, -0.05) is 61.5 Å². The van der Waals surface area contributed by atoms with Gasteiger partial charge in [0.05, 0.1) is 0 Å². The lowest BCUT2D eigenvalue weighted by Gasteiger charge is -2.15. The molecule has 1 unspecified atom stereocenters. The van der Waals surface area contributed by atoms with Crippen molar-refractivity contribution < 1.29 is 5.11 Å². The summed E-state index contributed by atoms with van der Waals surface area (Å²) in [6.45, 7) is 2.15. The first kappa shape index (κ1) is 13.2. The van der Waals surface area contributed by atoms with Crippen LogP contribution in [0.2, 0.25) is 0 Å². The van der Waals surface area contributed by atoms with Gasteiger partial charge in [0.25, 0.3) is 0 Å². The Hall–Kier alpha value is -1.25. The van der Waals surface area contributed by atoms with Crippen molar-refractivity contribution in [2.45, 2.75) is 18.8 Å². The first-order valence-corrected chi connectivity index (χ1v) is 7.37. The SMILES string of the molecule is CCSCc1ccccc1C(O)c1ccccc1. The van der Waals surface area contributed by atoms with Crippen LogP contribution < -0.4 is 0 Å². The van der Waals surface area contributed by atoms with E-state index in [0.29, 0.717) is 0 Å². The van der Waals surface area contributed by atoms with Gasteiger partial charge in [-0.2, -0.15) is 11.8 Å². The zero-order valence-corrected chi connectivity index (χ0v) is 11.4. The first-order chi connectivity index (χ1) is 8.83. The maximum Gasteiger partial charge on any atom is 0.104 e. The van der Waals surface area contributed by atoms with E-state index in [9.17, 15) is 5.11 Å². The van der Waals surface area contributed by atoms with Crippen LogP contribution in [0.1, 0.15) is 29.7 Å². The molecule has 0 aliphatic rings. The van der Waals surface area contributed by atoms with Crippen molar-refractivity contribution in [3.63, 3.8) is 0 Å². The summed E-state index contributed by atoms with van der Waals surface area (Å²) in [5.74, 6) is 2.05. The maximum atomic E-state index is 10.5. The van der Waals surface area contributed by atoms with Gasteiger partial charge in [0, 0.05) is 5.75 Å². The lowest BCUT2D eigenvalue weighted by molar-refractivity contribution is 0.219. The highest BCUT2D eigenvalue weighted by Crippen LogP contribution is 2.27. The van der Waals surface area contributed by atoms with Gasteiger partial charge in [0.1, 0.15) is 6.10 Å². The predicted octanol–water partition coefficient (Wildman–Crippen LogP) is 4.02. The van der Waals surface area contributed by atoms with Crippen molar-refractivity contribution in [3.05, 3.63) is 71.3 Å². The Morgan fingerprint density at radius 1 is 1.00 bits per heavy atom. The molecule has 0 aliphatic heterocycles. The molecule has 0 aromatic heterocycles. The molecule has 2 aromatic carbocycles. The summed E-state index contributed by atoms with van der Waals surface area (Å²) >= 11 is 1.88. The Labute approximate surface area is 113 Å². The highest BCUT2D eigenvalue weighted by atomic mass is 32.2. The normalized spacial score (nSPS) is 12.3. The number of aliphatic hydroxyl groups excluding tert-OH is 1. The second kappa shape index (κ2) is 6.62. The third-order valence-electron chi connectivity index (χ3n) is 2.93. The standard InChI is InChI=1S/C16H18OS/c1-2-18-12-14-10-6-7-11-15(14)16(17)13-8-4-3-5-9-13/h3-11,16-17H,2,12H2,1H3. The van der Waals surface area contributed by atoms with Gasteiger partial charge >= 0.3 is 0 Å². The van der Waals surface area contributed by atoms with E-state index in [-0.39, 0.29) is 0 Å². The molecular weight excluding hydrogens is 240 g/mol. The minimum atomic E-state index is -0.528. The van der Waals surface area contributed by atoms with E-state index in [2.05, 4.69) is 13.0 Å². The van der Waals surface area contributed by atoms with E-state index in [4.69, 9.17) is 0 Å². The largest absolute Gasteiger partial charge is 0.384 e. The molecule has 0 bridgehead atoms. The summed E-state index contributed by atoms with van der Waals surface area (Å²) in [5.41, 5.74) is 3.19. The quantitative estimate of drug-likeness (QED) is 0.874. The molecule has 0 fully saturated rings. The van der Waals surface area contributed by atoms with Gasteiger partial charge in [-0.25, -0.2) is 0 Å². The van der Waals surface area contributed by atoms with Crippen LogP contribution in [-0.4, -0.2) is 10.9 Å². The van der Waals surface area contributed by atoms with Gasteiger partial charge < -0.3 is 5.11 Å². The highest BCUT2D eigenvalue weighted by molar-refractivity contribution is 7.98. The molecule has 1 N–H and O–H groups in total. The van der Waals surface area contributed by atoms with Gasteiger partial charge in [-0.05, 0) is 22.4 Å². The average Bonchev–Trinajstić information content (AvgIpc) is 2.45. The molecule has 94 valence electrons. The van der Waals surface area contributed by atoms with E-state index in [0.717, 1.165) is 22.6 Å². The summed E-state index contributed by atoms with van der Waals surface area (Å²) in [4.78, 5) is 0. The van der Waals surface area contributed by atoms with Crippen molar-refractivity contribution in [2.24, 2.45) is 0 Å². The van der Waals surface area contributed by atoms with Gasteiger partial charge in [-0.15, -0.1) is 0 Å². The third kappa shape index (κ3) is 3.15. The molecule has 0 saturated heterocycles. The minimum Gasteiger partial charge on any atom is -0.384 e. The monoisotopic (exact) mass is 258 g/mol. The van der Waals surface area contributed by atoms with Crippen molar-refractivity contribution >= 4 is 11.8 Å². The second-order valence-corrected chi connectivity index (χ2v) is 5.42. The Morgan fingerprint density at radius 3 is 2.39 bits per heavy atom. The minimum absolute atomic E-state index is 0.528. The van der Waals surface area contributed by atoms with E-state index in [1.165, 1.54) is 5.56 Å². The molecule has 1 nitrogen and oxygen atoms in total. The van der Waals surface area contributed by atoms with E-state index in [1.54, 1.807) is 0 Å². The molecule has 0 radical (unpaired) electrons. The molecule has 18 heavy (non-hydrogen) atoms. The summed E-state index contributed by atoms with van der Waals surface area (Å²) in [7, 11) is 0. The van der Waals surface area contributed by atoms with E-state index >= 15 is 0 Å². The Bertz CT molecular complexity index is 481. The lowest BCUT2D eigenvalue weighted by Crippen LogP contribution is -2.03. The number of rotatable bonds is 5. The number of hydrogen-bond donors (Lipinski definition) is 1. The van der Waals surface area contributed by atoms with Crippen LogP contribution in [0.25, 0.3) is 0 Å². The highest BCUT2D eigenvalue weighted by Gasteiger charge is 2.13. The van der Waals surface area contributed by atoms with Crippen LogP contribution in [-0.2, 0) is 5.75 Å². The third-order valence-corrected chi connectivity index (χ3v) is 3.85. The number of thioether (sulfide) groups is 1. The Balaban J connectivity index is 2.27. The molecule has 0 heterocycles. The Kier molecular flexibility index (Phi) is 4.85. The average molecular weight is 258 g/mol. The lowest BCUT2D eigenvalue weighted by atomic mass is 9.98. The van der Waals surface area contributed by atoms with Crippen molar-refractivity contribution in [3.8, 4) is 0 Å². The summed E-state index contributed by atoms with van der Waals surface area (Å²) in [5, 5.41) is 10.5. The molecule has 0 amide bonds. The maximum absolute atomic E-state index is 10.5. The summed E-state index contributed by atoms with van der Waals surface area (Å²) in [6.07, 6.45) is -0.528. The van der Waals surface area contributed by atoms with Crippen LogP contribution in [0.15, 0.2) is 54.6 Å². The van der Waals surface area contributed by atoms with Crippen LogP contribution >= 0.6 is 11.8 Å². The predicted molar refractivity (Wildman–Crippen MR) is 78.8 cm³/mol. The van der Waals surface area contributed by atoms with Gasteiger partial charge in [0.2, 0.25) is 0 Å². The molecule has 0 aliphatic carbocycles.